The van der Waals surface area contributed by atoms with Gasteiger partial charge in [0.05, 0.1) is 0 Å². The first-order valence-electron chi connectivity index (χ1n) is 16.6. The third-order valence-corrected chi connectivity index (χ3v) is 12.9. The lowest BCUT2D eigenvalue weighted by molar-refractivity contribution is 0.659. The van der Waals surface area contributed by atoms with Crippen molar-refractivity contribution in [3.63, 3.8) is 0 Å². The van der Waals surface area contributed by atoms with Crippen LogP contribution in [-0.4, -0.2) is 15.0 Å². The summed E-state index contributed by atoms with van der Waals surface area (Å²) in [6.45, 7) is 0. The monoisotopic (exact) mass is 661 g/mol. The van der Waals surface area contributed by atoms with E-state index in [1.165, 1.54) is 9.79 Å². The number of hydrogen-bond donors (Lipinski definition) is 0. The van der Waals surface area contributed by atoms with E-state index in [0.29, 0.717) is 17.5 Å². The van der Waals surface area contributed by atoms with Crippen LogP contribution < -0.4 is 0 Å². The van der Waals surface area contributed by atoms with Gasteiger partial charge >= 0.3 is 0 Å². The van der Waals surface area contributed by atoms with Crippen molar-refractivity contribution < 1.29 is 4.42 Å². The van der Waals surface area contributed by atoms with Crippen molar-refractivity contribution in [2.24, 2.45) is 0 Å². The lowest BCUT2D eigenvalue weighted by Gasteiger charge is -2.42. The maximum Gasteiger partial charge on any atom is 0.164 e. The van der Waals surface area contributed by atoms with E-state index < -0.39 is 10.0 Å². The molecule has 2 aromatic heterocycles. The highest BCUT2D eigenvalue weighted by Gasteiger charge is 2.36. The summed E-state index contributed by atoms with van der Waals surface area (Å²) in [4.78, 5) is 19.8. The molecule has 4 nitrogen and oxygen atoms in total. The molecule has 0 aliphatic carbocycles. The molecule has 0 N–H and O–H groups in total. The van der Waals surface area contributed by atoms with E-state index in [0.717, 1.165) is 48.4 Å². The highest BCUT2D eigenvalue weighted by molar-refractivity contribution is 8.34. The van der Waals surface area contributed by atoms with Crippen LogP contribution in [0.4, 0.5) is 0 Å². The molecule has 50 heavy (non-hydrogen) atoms. The molecular formula is C45H31N3OS. The number of fused-ring (bicyclic) bond motifs is 3. The Bertz CT molecular complexity index is 2490. The molecule has 0 bridgehead atoms. The SMILES string of the molecule is c1ccc(-c2nc(-c3ccccc3)nc(-c3cccc(S(c4ccccc4)(c4ccccc4)c4cccc5c4oc4ccccc45)c3)n2)cc1. The van der Waals surface area contributed by atoms with Crippen molar-refractivity contribution in [1.82, 2.24) is 15.0 Å². The molecule has 0 unspecified atom stereocenters. The van der Waals surface area contributed by atoms with Gasteiger partial charge in [-0.05, 0) is 48.5 Å². The van der Waals surface area contributed by atoms with Crippen LogP contribution in [0.2, 0.25) is 0 Å². The van der Waals surface area contributed by atoms with E-state index in [2.05, 4.69) is 121 Å². The van der Waals surface area contributed by atoms with Crippen molar-refractivity contribution in [2.75, 3.05) is 0 Å². The molecule has 9 rings (SSSR count). The Morgan fingerprint density at radius 1 is 0.360 bits per heavy atom. The summed E-state index contributed by atoms with van der Waals surface area (Å²) in [5.74, 6) is 1.89. The van der Waals surface area contributed by atoms with Gasteiger partial charge in [-0.1, -0.05) is 140 Å². The van der Waals surface area contributed by atoms with Gasteiger partial charge in [-0.3, -0.25) is 0 Å². The second-order valence-corrected chi connectivity index (χ2v) is 15.1. The fourth-order valence-electron chi connectivity index (χ4n) is 6.76. The molecule has 0 aliphatic heterocycles. The molecule has 5 heteroatoms. The van der Waals surface area contributed by atoms with Crippen molar-refractivity contribution in [1.29, 1.82) is 0 Å². The van der Waals surface area contributed by atoms with Crippen LogP contribution in [0.1, 0.15) is 0 Å². The molecule has 7 aromatic carbocycles. The van der Waals surface area contributed by atoms with Crippen molar-refractivity contribution >= 4 is 32.0 Å². The first kappa shape index (κ1) is 29.8. The third kappa shape index (κ3) is 5.07. The molecule has 0 saturated heterocycles. The van der Waals surface area contributed by atoms with E-state index in [9.17, 15) is 0 Å². The van der Waals surface area contributed by atoms with Gasteiger partial charge in [0.2, 0.25) is 0 Å². The van der Waals surface area contributed by atoms with Gasteiger partial charge in [0, 0.05) is 47.0 Å². The van der Waals surface area contributed by atoms with Crippen LogP contribution in [0, 0.1) is 0 Å². The molecule has 0 fully saturated rings. The number of para-hydroxylation sites is 2. The highest BCUT2D eigenvalue weighted by Crippen LogP contribution is 2.74. The first-order valence-corrected chi connectivity index (χ1v) is 18.2. The van der Waals surface area contributed by atoms with Crippen LogP contribution in [0.5, 0.6) is 0 Å². The highest BCUT2D eigenvalue weighted by atomic mass is 32.3. The fraction of sp³-hybridized carbons (Fsp3) is 0. The van der Waals surface area contributed by atoms with Crippen LogP contribution in [0.25, 0.3) is 56.1 Å². The Balaban J connectivity index is 1.34. The number of nitrogens with zero attached hydrogens (tertiary/aromatic N) is 3. The smallest absolute Gasteiger partial charge is 0.164 e. The maximum atomic E-state index is 6.79. The molecule has 238 valence electrons. The molecule has 2 heterocycles. The summed E-state index contributed by atoms with van der Waals surface area (Å²) in [6.07, 6.45) is 0. The average molecular weight is 662 g/mol. The second-order valence-electron chi connectivity index (χ2n) is 12.0. The van der Waals surface area contributed by atoms with Gasteiger partial charge in [0.15, 0.2) is 17.5 Å². The standard InChI is InChI=1S/C45H31N3OS/c1-5-17-32(18-6-1)43-46-44(33-19-7-2-8-20-33)48-45(47-43)34-21-15-26-37(31-34)50(35-22-9-3-10-23-35,36-24-11-4-12-25-36)41-30-16-28-39-38-27-13-14-29-40(38)49-42(39)41/h1-31H. The van der Waals surface area contributed by atoms with Gasteiger partial charge < -0.3 is 4.42 Å². The minimum atomic E-state index is -2.11. The number of furan rings is 1. The van der Waals surface area contributed by atoms with Gasteiger partial charge in [-0.15, -0.1) is 10.0 Å². The Morgan fingerprint density at radius 2 is 0.800 bits per heavy atom. The summed E-state index contributed by atoms with van der Waals surface area (Å²) < 4.78 is 6.79. The summed E-state index contributed by atoms with van der Waals surface area (Å²) in [7, 11) is -2.11. The van der Waals surface area contributed by atoms with Crippen molar-refractivity contribution in [2.45, 2.75) is 19.6 Å². The van der Waals surface area contributed by atoms with Gasteiger partial charge in [0.25, 0.3) is 0 Å². The molecule has 0 spiro atoms. The Morgan fingerprint density at radius 3 is 1.40 bits per heavy atom. The van der Waals surface area contributed by atoms with E-state index in [1.807, 2.05) is 66.7 Å². The zero-order valence-electron chi connectivity index (χ0n) is 27.1. The normalized spacial score (nSPS) is 11.9. The Labute approximate surface area is 292 Å². The molecule has 9 aromatic rings. The predicted molar refractivity (Wildman–Crippen MR) is 203 cm³/mol. The summed E-state index contributed by atoms with van der Waals surface area (Å²) in [6, 6.07) is 65.5. The zero-order valence-corrected chi connectivity index (χ0v) is 27.9. The number of rotatable bonds is 7. The Hall–Kier alpha value is -6.30. The lowest BCUT2D eigenvalue weighted by Crippen LogP contribution is -2.06. The van der Waals surface area contributed by atoms with Gasteiger partial charge in [-0.2, -0.15) is 0 Å². The molecule has 0 saturated carbocycles. The lowest BCUT2D eigenvalue weighted by atomic mass is 10.1. The number of benzene rings is 7. The third-order valence-electron chi connectivity index (χ3n) is 9.04. The van der Waals surface area contributed by atoms with E-state index >= 15 is 0 Å². The van der Waals surface area contributed by atoms with Gasteiger partial charge in [-0.25, -0.2) is 15.0 Å². The quantitative estimate of drug-likeness (QED) is 0.171. The van der Waals surface area contributed by atoms with Crippen LogP contribution in [0.3, 0.4) is 0 Å². The number of aromatic nitrogens is 3. The van der Waals surface area contributed by atoms with Crippen LogP contribution >= 0.6 is 10.0 Å². The largest absolute Gasteiger partial charge is 0.455 e. The van der Waals surface area contributed by atoms with Crippen molar-refractivity contribution in [3.05, 3.63) is 188 Å². The minimum Gasteiger partial charge on any atom is -0.455 e. The van der Waals surface area contributed by atoms with Crippen molar-refractivity contribution in [3.8, 4) is 34.2 Å². The summed E-state index contributed by atoms with van der Waals surface area (Å²) in [5, 5.41) is 2.22. The molecule has 0 aliphatic rings. The predicted octanol–water partition coefficient (Wildman–Crippen LogP) is 12.1. The van der Waals surface area contributed by atoms with Crippen LogP contribution in [-0.2, 0) is 0 Å². The topological polar surface area (TPSA) is 51.8 Å². The number of hydrogen-bond acceptors (Lipinski definition) is 4. The summed E-state index contributed by atoms with van der Waals surface area (Å²) >= 11 is 0. The van der Waals surface area contributed by atoms with E-state index in [4.69, 9.17) is 19.4 Å². The zero-order chi connectivity index (χ0) is 33.3. The van der Waals surface area contributed by atoms with E-state index in [1.54, 1.807) is 0 Å². The molecule has 0 radical (unpaired) electrons. The molecule has 0 amide bonds. The van der Waals surface area contributed by atoms with Gasteiger partial charge in [0.1, 0.15) is 11.2 Å². The second kappa shape index (κ2) is 12.6. The molecular weight excluding hydrogens is 631 g/mol. The van der Waals surface area contributed by atoms with E-state index in [-0.39, 0.29) is 0 Å². The maximum absolute atomic E-state index is 6.79. The fourth-order valence-corrected chi connectivity index (χ4v) is 10.8. The van der Waals surface area contributed by atoms with Crippen LogP contribution in [0.15, 0.2) is 212 Å². The Kier molecular flexibility index (Phi) is 7.52. The first-order chi connectivity index (χ1) is 24.8. The molecule has 0 atom stereocenters. The minimum absolute atomic E-state index is 0.621. The summed E-state index contributed by atoms with van der Waals surface area (Å²) in [5.41, 5.74) is 4.58. The average Bonchev–Trinajstić information content (AvgIpc) is 3.59.